The fourth-order valence-electron chi connectivity index (χ4n) is 3.35. The van der Waals surface area contributed by atoms with E-state index in [1.165, 1.54) is 0 Å². The number of piperazine rings is 1. The number of carbonyl (C=O) groups excluding carboxylic acids is 1. The molecule has 4 nitrogen and oxygen atoms in total. The largest absolute Gasteiger partial charge is 0.378 e. The van der Waals surface area contributed by atoms with Crippen molar-refractivity contribution < 1.29 is 9.53 Å². The fourth-order valence-corrected chi connectivity index (χ4v) is 4.64. The van der Waals surface area contributed by atoms with E-state index in [1.54, 1.807) is 11.3 Å². The quantitative estimate of drug-likeness (QED) is 0.825. The lowest BCUT2D eigenvalue weighted by atomic mass is 9.82. The van der Waals surface area contributed by atoms with E-state index in [1.807, 2.05) is 29.2 Å². The topological polar surface area (TPSA) is 32.8 Å². The molecule has 6 heteroatoms. The van der Waals surface area contributed by atoms with Gasteiger partial charge in [0.1, 0.15) is 5.41 Å². The van der Waals surface area contributed by atoms with Gasteiger partial charge in [-0.2, -0.15) is 0 Å². The Morgan fingerprint density at radius 3 is 2.36 bits per heavy atom. The van der Waals surface area contributed by atoms with Crippen molar-refractivity contribution in [2.75, 3.05) is 46.4 Å². The minimum absolute atomic E-state index is 0.219. The SMILES string of the molecule is CN1CCN(C(=O)C2(c3ccc(-c4ccc(Cl)cc4)s3)COC2)CC1. The molecule has 1 amide bonds. The highest BCUT2D eigenvalue weighted by Gasteiger charge is 2.50. The van der Waals surface area contributed by atoms with Crippen LogP contribution < -0.4 is 0 Å². The van der Waals surface area contributed by atoms with Crippen molar-refractivity contribution in [1.82, 2.24) is 9.80 Å². The Balaban J connectivity index is 1.58. The van der Waals surface area contributed by atoms with E-state index < -0.39 is 5.41 Å². The molecule has 0 saturated carbocycles. The number of amides is 1. The van der Waals surface area contributed by atoms with Gasteiger partial charge in [0, 0.05) is 41.0 Å². The van der Waals surface area contributed by atoms with E-state index in [4.69, 9.17) is 16.3 Å². The number of halogens is 1. The molecule has 2 fully saturated rings. The summed E-state index contributed by atoms with van der Waals surface area (Å²) in [5, 5.41) is 0.731. The van der Waals surface area contributed by atoms with Crippen LogP contribution in [0.15, 0.2) is 36.4 Å². The highest BCUT2D eigenvalue weighted by molar-refractivity contribution is 7.15. The first kappa shape index (κ1) is 17.0. The molecule has 132 valence electrons. The number of thiophene rings is 1. The van der Waals surface area contributed by atoms with Crippen LogP contribution in [-0.2, 0) is 14.9 Å². The van der Waals surface area contributed by atoms with Gasteiger partial charge in [-0.25, -0.2) is 0 Å². The van der Waals surface area contributed by atoms with Gasteiger partial charge in [-0.1, -0.05) is 23.7 Å². The van der Waals surface area contributed by atoms with Crippen LogP contribution in [0.3, 0.4) is 0 Å². The van der Waals surface area contributed by atoms with Gasteiger partial charge in [-0.05, 0) is 36.9 Å². The molecule has 2 aromatic rings. The molecular weight excluding hydrogens is 356 g/mol. The molecule has 2 aliphatic heterocycles. The van der Waals surface area contributed by atoms with Crippen molar-refractivity contribution in [3.63, 3.8) is 0 Å². The van der Waals surface area contributed by atoms with E-state index in [0.717, 1.165) is 46.5 Å². The molecule has 0 radical (unpaired) electrons. The molecule has 3 heterocycles. The Kier molecular flexibility index (Phi) is 4.58. The second-order valence-electron chi connectivity index (χ2n) is 6.84. The van der Waals surface area contributed by atoms with Crippen LogP contribution in [0.4, 0.5) is 0 Å². The van der Waals surface area contributed by atoms with Gasteiger partial charge in [0.25, 0.3) is 0 Å². The van der Waals surface area contributed by atoms with Crippen LogP contribution >= 0.6 is 22.9 Å². The Bertz CT molecular complexity index is 762. The Morgan fingerprint density at radius 2 is 1.76 bits per heavy atom. The van der Waals surface area contributed by atoms with E-state index >= 15 is 0 Å². The minimum Gasteiger partial charge on any atom is -0.378 e. The molecule has 0 unspecified atom stereocenters. The molecule has 0 aliphatic carbocycles. The summed E-state index contributed by atoms with van der Waals surface area (Å²) >= 11 is 7.67. The third kappa shape index (κ3) is 3.10. The first-order valence-corrected chi connectivity index (χ1v) is 9.70. The van der Waals surface area contributed by atoms with E-state index in [2.05, 4.69) is 24.1 Å². The molecule has 1 aromatic carbocycles. The smallest absolute Gasteiger partial charge is 0.238 e. The van der Waals surface area contributed by atoms with Gasteiger partial charge in [-0.15, -0.1) is 11.3 Å². The van der Waals surface area contributed by atoms with Crippen LogP contribution in [0.2, 0.25) is 5.02 Å². The van der Waals surface area contributed by atoms with E-state index in [0.29, 0.717) is 13.2 Å². The summed E-state index contributed by atoms with van der Waals surface area (Å²) in [6, 6.07) is 12.0. The summed E-state index contributed by atoms with van der Waals surface area (Å²) in [5.74, 6) is 0.219. The van der Waals surface area contributed by atoms with Gasteiger partial charge in [-0.3, -0.25) is 4.79 Å². The van der Waals surface area contributed by atoms with Crippen molar-refractivity contribution in [3.8, 4) is 10.4 Å². The summed E-state index contributed by atoms with van der Waals surface area (Å²) in [5.41, 5.74) is 0.633. The summed E-state index contributed by atoms with van der Waals surface area (Å²) in [6.45, 7) is 4.43. The van der Waals surface area contributed by atoms with Crippen molar-refractivity contribution in [2.24, 2.45) is 0 Å². The van der Waals surface area contributed by atoms with Crippen LogP contribution in [0.5, 0.6) is 0 Å². The zero-order chi connectivity index (χ0) is 17.4. The number of hydrogen-bond acceptors (Lipinski definition) is 4. The summed E-state index contributed by atoms with van der Waals surface area (Å²) in [6.07, 6.45) is 0. The number of benzene rings is 1. The van der Waals surface area contributed by atoms with Gasteiger partial charge < -0.3 is 14.5 Å². The second-order valence-corrected chi connectivity index (χ2v) is 8.36. The highest BCUT2D eigenvalue weighted by Crippen LogP contribution is 2.41. The molecule has 2 aliphatic rings. The summed E-state index contributed by atoms with van der Waals surface area (Å²) in [7, 11) is 2.10. The van der Waals surface area contributed by atoms with Gasteiger partial charge in [0.05, 0.1) is 13.2 Å². The molecule has 0 spiro atoms. The molecular formula is C19H21ClN2O2S. The number of nitrogens with zero attached hydrogens (tertiary/aromatic N) is 2. The van der Waals surface area contributed by atoms with Crippen LogP contribution in [0.25, 0.3) is 10.4 Å². The van der Waals surface area contributed by atoms with Crippen molar-refractivity contribution >= 4 is 28.8 Å². The van der Waals surface area contributed by atoms with Crippen molar-refractivity contribution in [3.05, 3.63) is 46.3 Å². The fraction of sp³-hybridized carbons (Fsp3) is 0.421. The zero-order valence-electron chi connectivity index (χ0n) is 14.2. The molecule has 4 rings (SSSR count). The van der Waals surface area contributed by atoms with Gasteiger partial charge in [0.2, 0.25) is 5.91 Å². The number of carbonyl (C=O) groups is 1. The molecule has 0 bridgehead atoms. The third-order valence-corrected chi connectivity index (χ3v) is 6.69. The number of ether oxygens (including phenoxy) is 1. The molecule has 1 aromatic heterocycles. The second kappa shape index (κ2) is 6.72. The molecule has 25 heavy (non-hydrogen) atoms. The summed E-state index contributed by atoms with van der Waals surface area (Å²) in [4.78, 5) is 19.7. The molecule has 0 N–H and O–H groups in total. The van der Waals surface area contributed by atoms with Gasteiger partial charge in [0.15, 0.2) is 0 Å². The molecule has 0 atom stereocenters. The van der Waals surface area contributed by atoms with Crippen LogP contribution in [0.1, 0.15) is 4.88 Å². The van der Waals surface area contributed by atoms with Crippen LogP contribution in [0, 0.1) is 0 Å². The van der Waals surface area contributed by atoms with E-state index in [-0.39, 0.29) is 5.91 Å². The Hall–Kier alpha value is -1.40. The van der Waals surface area contributed by atoms with Crippen molar-refractivity contribution in [2.45, 2.75) is 5.41 Å². The monoisotopic (exact) mass is 376 g/mol. The maximum absolute atomic E-state index is 13.2. The Labute approximate surface area is 156 Å². The van der Waals surface area contributed by atoms with E-state index in [9.17, 15) is 4.79 Å². The lowest BCUT2D eigenvalue weighted by Gasteiger charge is -2.44. The third-order valence-electron chi connectivity index (χ3n) is 5.10. The number of likely N-dealkylation sites (N-methyl/N-ethyl adjacent to an activating group) is 1. The highest BCUT2D eigenvalue weighted by atomic mass is 35.5. The Morgan fingerprint density at radius 1 is 1.08 bits per heavy atom. The first-order valence-electron chi connectivity index (χ1n) is 8.50. The zero-order valence-corrected chi connectivity index (χ0v) is 15.8. The predicted molar refractivity (Wildman–Crippen MR) is 101 cm³/mol. The average molecular weight is 377 g/mol. The number of rotatable bonds is 3. The lowest BCUT2D eigenvalue weighted by Crippen LogP contribution is -2.61. The normalized spacial score (nSPS) is 20.3. The predicted octanol–water partition coefficient (Wildman–Crippen LogP) is 3.11. The van der Waals surface area contributed by atoms with Gasteiger partial charge >= 0.3 is 0 Å². The lowest BCUT2D eigenvalue weighted by molar-refractivity contribution is -0.157. The summed E-state index contributed by atoms with van der Waals surface area (Å²) < 4.78 is 5.49. The maximum Gasteiger partial charge on any atom is 0.238 e. The maximum atomic E-state index is 13.2. The molecule has 2 saturated heterocycles. The first-order chi connectivity index (χ1) is 12.1. The van der Waals surface area contributed by atoms with Crippen LogP contribution in [-0.4, -0.2) is 62.1 Å². The standard InChI is InChI=1S/C19H21ClN2O2S/c1-21-8-10-22(11-9-21)18(23)19(12-24-13-19)17-7-6-16(25-17)14-2-4-15(20)5-3-14/h2-7H,8-13H2,1H3. The number of hydrogen-bond donors (Lipinski definition) is 0. The average Bonchev–Trinajstić information content (AvgIpc) is 3.05. The minimum atomic E-state index is -0.495. The van der Waals surface area contributed by atoms with Crippen molar-refractivity contribution in [1.29, 1.82) is 0 Å².